The Hall–Kier alpha value is -1.94. The lowest BCUT2D eigenvalue weighted by Gasteiger charge is -1.98. The first-order valence-corrected chi connectivity index (χ1v) is 4.72. The molecule has 3 nitrogen and oxygen atoms in total. The first-order valence-electron chi connectivity index (χ1n) is 4.72. The quantitative estimate of drug-likeness (QED) is 0.811. The van der Waals surface area contributed by atoms with Crippen LogP contribution in [-0.2, 0) is 0 Å². The number of rotatable bonds is 1. The van der Waals surface area contributed by atoms with E-state index in [1.165, 1.54) is 11.1 Å². The Kier molecular flexibility index (Phi) is 7.30. The Labute approximate surface area is 107 Å². The molecule has 17 heavy (non-hydrogen) atoms. The molecular formula is C13H14O3S. The monoisotopic (exact) mass is 250 g/mol. The van der Waals surface area contributed by atoms with Gasteiger partial charge in [-0.2, -0.15) is 13.5 Å². The highest BCUT2D eigenvalue weighted by Crippen LogP contribution is 2.17. The van der Waals surface area contributed by atoms with Gasteiger partial charge < -0.3 is 10.2 Å². The lowest BCUT2D eigenvalue weighted by atomic mass is 10.1. The van der Waals surface area contributed by atoms with Crippen molar-refractivity contribution in [1.82, 2.24) is 0 Å². The van der Waals surface area contributed by atoms with Gasteiger partial charge in [-0.15, -0.1) is 0 Å². The van der Waals surface area contributed by atoms with E-state index in [4.69, 9.17) is 15.0 Å². The van der Waals surface area contributed by atoms with Crippen LogP contribution in [-0.4, -0.2) is 16.4 Å². The minimum atomic E-state index is -1.83. The average Bonchev–Trinajstić information content (AvgIpc) is 2.31. The SMILES string of the molecule is O=C(O)O.S.c1ccc(-c2ccccc2)cc1. The molecule has 0 aliphatic heterocycles. The molecule has 0 unspecified atom stereocenters. The second-order valence-corrected chi connectivity index (χ2v) is 3.01. The largest absolute Gasteiger partial charge is 0.503 e. The zero-order valence-corrected chi connectivity index (χ0v) is 10.1. The first kappa shape index (κ1) is 15.1. The smallest absolute Gasteiger partial charge is 0.450 e. The van der Waals surface area contributed by atoms with Crippen LogP contribution in [0.4, 0.5) is 4.79 Å². The molecule has 0 aromatic heterocycles. The van der Waals surface area contributed by atoms with Gasteiger partial charge in [0, 0.05) is 0 Å². The number of carbonyl (C=O) groups is 1. The Balaban J connectivity index is 0.000000453. The maximum atomic E-state index is 8.56. The molecule has 0 spiro atoms. The second-order valence-electron chi connectivity index (χ2n) is 3.01. The van der Waals surface area contributed by atoms with Gasteiger partial charge in [0.15, 0.2) is 0 Å². The second kappa shape index (κ2) is 8.24. The molecule has 0 fully saturated rings. The Morgan fingerprint density at radius 1 is 0.706 bits per heavy atom. The van der Waals surface area contributed by atoms with Crippen LogP contribution < -0.4 is 0 Å². The lowest BCUT2D eigenvalue weighted by molar-refractivity contribution is 0.137. The van der Waals surface area contributed by atoms with Crippen LogP contribution >= 0.6 is 13.5 Å². The zero-order valence-electron chi connectivity index (χ0n) is 9.08. The van der Waals surface area contributed by atoms with E-state index in [1.54, 1.807) is 0 Å². The van der Waals surface area contributed by atoms with E-state index in [0.717, 1.165) is 0 Å². The molecule has 0 amide bonds. The molecule has 90 valence electrons. The van der Waals surface area contributed by atoms with Gasteiger partial charge in [0.05, 0.1) is 0 Å². The number of hydrogen-bond donors (Lipinski definition) is 2. The summed E-state index contributed by atoms with van der Waals surface area (Å²) in [5, 5.41) is 13.9. The molecule has 0 atom stereocenters. The van der Waals surface area contributed by atoms with Gasteiger partial charge >= 0.3 is 6.16 Å². The fourth-order valence-electron chi connectivity index (χ4n) is 1.26. The van der Waals surface area contributed by atoms with Gasteiger partial charge in [0.2, 0.25) is 0 Å². The molecule has 0 aliphatic rings. The van der Waals surface area contributed by atoms with Gasteiger partial charge in [-0.3, -0.25) is 0 Å². The summed E-state index contributed by atoms with van der Waals surface area (Å²) in [6.45, 7) is 0. The van der Waals surface area contributed by atoms with Gasteiger partial charge in [-0.25, -0.2) is 4.79 Å². The van der Waals surface area contributed by atoms with E-state index >= 15 is 0 Å². The standard InChI is InChI=1S/C12H10.CH2O3.H2S/c1-3-7-11(8-4-1)12-9-5-2-6-10-12;2-1(3)4;/h1-10H;(H2,2,3,4);1H2. The number of carboxylic acid groups (broad SMARTS) is 2. The lowest BCUT2D eigenvalue weighted by Crippen LogP contribution is -1.81. The number of benzene rings is 2. The summed E-state index contributed by atoms with van der Waals surface area (Å²) in [4.78, 5) is 8.56. The van der Waals surface area contributed by atoms with Gasteiger partial charge in [-0.05, 0) is 11.1 Å². The predicted octanol–water partition coefficient (Wildman–Crippen LogP) is 3.69. The van der Waals surface area contributed by atoms with Crippen LogP contribution in [0.15, 0.2) is 60.7 Å². The molecule has 0 radical (unpaired) electrons. The third-order valence-electron chi connectivity index (χ3n) is 1.88. The predicted molar refractivity (Wildman–Crippen MR) is 72.9 cm³/mol. The summed E-state index contributed by atoms with van der Waals surface area (Å²) in [6, 6.07) is 20.8. The van der Waals surface area contributed by atoms with Crippen molar-refractivity contribution in [1.29, 1.82) is 0 Å². The summed E-state index contributed by atoms with van der Waals surface area (Å²) >= 11 is 0. The highest BCUT2D eigenvalue weighted by Gasteiger charge is 1.91. The van der Waals surface area contributed by atoms with Gasteiger partial charge in [0.25, 0.3) is 0 Å². The Bertz CT molecular complexity index is 387. The molecule has 0 bridgehead atoms. The average molecular weight is 250 g/mol. The molecular weight excluding hydrogens is 236 g/mol. The summed E-state index contributed by atoms with van der Waals surface area (Å²) in [5.74, 6) is 0. The molecule has 0 saturated heterocycles. The van der Waals surface area contributed by atoms with Crippen molar-refractivity contribution in [2.75, 3.05) is 0 Å². The van der Waals surface area contributed by atoms with E-state index in [2.05, 4.69) is 48.5 Å². The van der Waals surface area contributed by atoms with Crippen LogP contribution in [0.5, 0.6) is 0 Å². The maximum Gasteiger partial charge on any atom is 0.503 e. The van der Waals surface area contributed by atoms with E-state index < -0.39 is 6.16 Å². The van der Waals surface area contributed by atoms with E-state index in [9.17, 15) is 0 Å². The molecule has 0 aliphatic carbocycles. The first-order chi connectivity index (χ1) is 7.70. The zero-order chi connectivity index (χ0) is 11.8. The molecule has 2 N–H and O–H groups in total. The van der Waals surface area contributed by atoms with Crippen LogP contribution in [0.2, 0.25) is 0 Å². The third-order valence-corrected chi connectivity index (χ3v) is 1.88. The van der Waals surface area contributed by atoms with Crippen molar-refractivity contribution in [3.63, 3.8) is 0 Å². The highest BCUT2D eigenvalue weighted by atomic mass is 32.1. The van der Waals surface area contributed by atoms with E-state index in [1.807, 2.05) is 12.1 Å². The molecule has 0 saturated carbocycles. The minimum Gasteiger partial charge on any atom is -0.450 e. The van der Waals surface area contributed by atoms with Gasteiger partial charge in [0.1, 0.15) is 0 Å². The van der Waals surface area contributed by atoms with Crippen molar-refractivity contribution < 1.29 is 15.0 Å². The third kappa shape index (κ3) is 6.27. The maximum absolute atomic E-state index is 8.56. The number of hydrogen-bond acceptors (Lipinski definition) is 1. The molecule has 2 aromatic rings. The van der Waals surface area contributed by atoms with Crippen molar-refractivity contribution in [2.45, 2.75) is 0 Å². The fourth-order valence-corrected chi connectivity index (χ4v) is 1.26. The van der Waals surface area contributed by atoms with Crippen molar-refractivity contribution in [3.8, 4) is 11.1 Å². The minimum absolute atomic E-state index is 0. The van der Waals surface area contributed by atoms with Crippen LogP contribution in [0.3, 0.4) is 0 Å². The summed E-state index contributed by atoms with van der Waals surface area (Å²) in [5.41, 5.74) is 2.55. The van der Waals surface area contributed by atoms with Crippen LogP contribution in [0.25, 0.3) is 11.1 Å². The van der Waals surface area contributed by atoms with Crippen molar-refractivity contribution >= 4 is 19.7 Å². The Morgan fingerprint density at radius 2 is 0.941 bits per heavy atom. The fraction of sp³-hybridized carbons (Fsp3) is 0. The topological polar surface area (TPSA) is 57.5 Å². The summed E-state index contributed by atoms with van der Waals surface area (Å²) < 4.78 is 0. The van der Waals surface area contributed by atoms with E-state index in [0.29, 0.717) is 0 Å². The van der Waals surface area contributed by atoms with Crippen molar-refractivity contribution in [3.05, 3.63) is 60.7 Å². The van der Waals surface area contributed by atoms with Crippen molar-refractivity contribution in [2.24, 2.45) is 0 Å². The Morgan fingerprint density at radius 3 is 1.18 bits per heavy atom. The molecule has 2 aromatic carbocycles. The van der Waals surface area contributed by atoms with E-state index in [-0.39, 0.29) is 13.5 Å². The summed E-state index contributed by atoms with van der Waals surface area (Å²) in [6.07, 6.45) is -1.83. The van der Waals surface area contributed by atoms with Crippen LogP contribution in [0.1, 0.15) is 0 Å². The van der Waals surface area contributed by atoms with Gasteiger partial charge in [-0.1, -0.05) is 60.7 Å². The molecule has 2 rings (SSSR count). The van der Waals surface area contributed by atoms with Crippen LogP contribution in [0, 0.1) is 0 Å². The summed E-state index contributed by atoms with van der Waals surface area (Å²) in [7, 11) is 0. The molecule has 0 heterocycles. The highest BCUT2D eigenvalue weighted by molar-refractivity contribution is 7.59. The normalized spacial score (nSPS) is 8.24. The molecule has 4 heteroatoms.